The van der Waals surface area contributed by atoms with Crippen LogP contribution in [0, 0.1) is 0 Å². The Morgan fingerprint density at radius 2 is 2.57 bits per heavy atom. The lowest BCUT2D eigenvalue weighted by atomic mass is 10.5. The minimum atomic E-state index is 0.367. The Labute approximate surface area is 42.0 Å². The van der Waals surface area contributed by atoms with Gasteiger partial charge in [0.15, 0.2) is 0 Å². The maximum atomic E-state index is 8.65. The van der Waals surface area contributed by atoms with Crippen LogP contribution in [0.4, 0.5) is 0 Å². The predicted octanol–water partition coefficient (Wildman–Crippen LogP) is -0.464. The van der Waals surface area contributed by atoms with Crippen LogP contribution in [0.3, 0.4) is 0 Å². The molecule has 1 aliphatic rings. The minimum Gasteiger partial charge on any atom is -0.509 e. The van der Waals surface area contributed by atoms with Crippen molar-refractivity contribution < 1.29 is 5.11 Å². The lowest BCUT2D eigenvalue weighted by Crippen LogP contribution is -2.32. The van der Waals surface area contributed by atoms with E-state index in [1.807, 2.05) is 0 Å². The van der Waals surface area contributed by atoms with E-state index in [0.29, 0.717) is 12.3 Å². The Hall–Kier alpha value is -0.700. The van der Waals surface area contributed by atoms with E-state index in [2.05, 4.69) is 10.6 Å². The Balaban J connectivity index is 2.40. The highest BCUT2D eigenvalue weighted by molar-refractivity contribution is 4.94. The third kappa shape index (κ3) is 1.08. The fraction of sp³-hybridized carbons (Fsp3) is 0.500. The molecule has 0 fully saturated rings. The lowest BCUT2D eigenvalue weighted by molar-refractivity contribution is 0.369. The van der Waals surface area contributed by atoms with E-state index in [4.69, 9.17) is 5.11 Å². The Morgan fingerprint density at radius 3 is 2.86 bits per heavy atom. The maximum Gasteiger partial charge on any atom is 0.122 e. The maximum absolute atomic E-state index is 8.65. The van der Waals surface area contributed by atoms with E-state index >= 15 is 0 Å². The van der Waals surface area contributed by atoms with Gasteiger partial charge in [0.2, 0.25) is 0 Å². The number of nitrogens with one attached hydrogen (secondary N) is 2. The summed E-state index contributed by atoms with van der Waals surface area (Å²) in [5.74, 6) is 0.367. The van der Waals surface area contributed by atoms with Gasteiger partial charge in [0.1, 0.15) is 5.76 Å². The largest absolute Gasteiger partial charge is 0.509 e. The summed E-state index contributed by atoms with van der Waals surface area (Å²) < 4.78 is 0. The number of hydrogen-bond acceptors (Lipinski definition) is 3. The van der Waals surface area contributed by atoms with Crippen molar-refractivity contribution in [3.8, 4) is 0 Å². The summed E-state index contributed by atoms with van der Waals surface area (Å²) in [4.78, 5) is 0. The van der Waals surface area contributed by atoms with Crippen molar-refractivity contribution in [2.24, 2.45) is 0 Å². The molecule has 0 amide bonds. The first-order valence-electron chi connectivity index (χ1n) is 2.22. The molecular weight excluding hydrogens is 92.1 g/mol. The highest BCUT2D eigenvalue weighted by Crippen LogP contribution is 1.83. The van der Waals surface area contributed by atoms with Crippen molar-refractivity contribution >= 4 is 0 Å². The van der Waals surface area contributed by atoms with E-state index < -0.39 is 0 Å². The van der Waals surface area contributed by atoms with Crippen LogP contribution in [-0.4, -0.2) is 18.3 Å². The van der Waals surface area contributed by atoms with Crippen LogP contribution in [0.2, 0.25) is 0 Å². The van der Waals surface area contributed by atoms with Gasteiger partial charge in [-0.1, -0.05) is 0 Å². The molecule has 40 valence electrons. The van der Waals surface area contributed by atoms with Crippen molar-refractivity contribution in [3.63, 3.8) is 0 Å². The third-order valence-corrected chi connectivity index (χ3v) is 0.802. The van der Waals surface area contributed by atoms with Crippen LogP contribution in [0.5, 0.6) is 0 Å². The second-order valence-electron chi connectivity index (χ2n) is 1.44. The molecule has 1 aliphatic heterocycles. The van der Waals surface area contributed by atoms with E-state index in [9.17, 15) is 0 Å². The topological polar surface area (TPSA) is 44.3 Å². The van der Waals surface area contributed by atoms with Gasteiger partial charge >= 0.3 is 0 Å². The lowest BCUT2D eigenvalue weighted by Gasteiger charge is -2.09. The Kier molecular flexibility index (Phi) is 1.17. The molecule has 0 atom stereocenters. The third-order valence-electron chi connectivity index (χ3n) is 0.802. The summed E-state index contributed by atoms with van der Waals surface area (Å²) in [6.07, 6.45) is 1.59. The molecule has 0 radical (unpaired) electrons. The van der Waals surface area contributed by atoms with E-state index in [1.54, 1.807) is 6.20 Å². The van der Waals surface area contributed by atoms with Gasteiger partial charge in [-0.2, -0.15) is 0 Å². The summed E-state index contributed by atoms with van der Waals surface area (Å²) >= 11 is 0. The summed E-state index contributed by atoms with van der Waals surface area (Å²) in [5, 5.41) is 14.4. The summed E-state index contributed by atoms with van der Waals surface area (Å²) in [5.41, 5.74) is 0. The molecule has 0 spiro atoms. The first-order valence-corrected chi connectivity index (χ1v) is 2.22. The van der Waals surface area contributed by atoms with Crippen LogP contribution in [-0.2, 0) is 0 Å². The fourth-order valence-electron chi connectivity index (χ4n) is 0.483. The summed E-state index contributed by atoms with van der Waals surface area (Å²) in [7, 11) is 0. The van der Waals surface area contributed by atoms with E-state index in [-0.39, 0.29) is 0 Å². The van der Waals surface area contributed by atoms with Crippen molar-refractivity contribution in [3.05, 3.63) is 12.0 Å². The fourth-order valence-corrected chi connectivity index (χ4v) is 0.483. The SMILES string of the molecule is OC1=CNCNC1. The normalized spacial score (nSPS) is 20.3. The minimum absolute atomic E-state index is 0.367. The summed E-state index contributed by atoms with van der Waals surface area (Å²) in [6.45, 7) is 1.34. The van der Waals surface area contributed by atoms with Gasteiger partial charge in [-0.15, -0.1) is 0 Å². The van der Waals surface area contributed by atoms with Crippen molar-refractivity contribution in [2.45, 2.75) is 0 Å². The van der Waals surface area contributed by atoms with Crippen LogP contribution in [0.25, 0.3) is 0 Å². The number of rotatable bonds is 0. The number of aliphatic hydroxyl groups excluding tert-OH is 1. The molecule has 0 bridgehead atoms. The second-order valence-corrected chi connectivity index (χ2v) is 1.44. The van der Waals surface area contributed by atoms with E-state index in [1.165, 1.54) is 0 Å². The zero-order valence-electron chi connectivity index (χ0n) is 3.94. The molecule has 3 heteroatoms. The van der Waals surface area contributed by atoms with Gasteiger partial charge in [0.25, 0.3) is 0 Å². The van der Waals surface area contributed by atoms with Gasteiger partial charge in [-0.25, -0.2) is 0 Å². The average molecular weight is 100 g/mol. The van der Waals surface area contributed by atoms with E-state index in [0.717, 1.165) is 6.67 Å². The Morgan fingerprint density at radius 1 is 1.71 bits per heavy atom. The molecule has 0 aromatic rings. The van der Waals surface area contributed by atoms with Gasteiger partial charge in [0, 0.05) is 6.20 Å². The molecule has 0 aromatic carbocycles. The van der Waals surface area contributed by atoms with Crippen LogP contribution >= 0.6 is 0 Å². The molecule has 3 N–H and O–H groups in total. The number of aliphatic hydroxyl groups is 1. The average Bonchev–Trinajstić information content (AvgIpc) is 1.69. The van der Waals surface area contributed by atoms with Crippen molar-refractivity contribution in [1.82, 2.24) is 10.6 Å². The van der Waals surface area contributed by atoms with Crippen LogP contribution in [0.1, 0.15) is 0 Å². The molecule has 0 saturated heterocycles. The summed E-state index contributed by atoms with van der Waals surface area (Å²) in [6, 6.07) is 0. The monoisotopic (exact) mass is 100 g/mol. The van der Waals surface area contributed by atoms with Gasteiger partial charge in [-0.05, 0) is 0 Å². The van der Waals surface area contributed by atoms with Crippen molar-refractivity contribution in [1.29, 1.82) is 0 Å². The van der Waals surface area contributed by atoms with Crippen LogP contribution < -0.4 is 10.6 Å². The molecule has 7 heavy (non-hydrogen) atoms. The number of hydrogen-bond donors (Lipinski definition) is 3. The smallest absolute Gasteiger partial charge is 0.122 e. The molecule has 1 rings (SSSR count). The van der Waals surface area contributed by atoms with Gasteiger partial charge in [-0.3, -0.25) is 5.32 Å². The molecular formula is C4H8N2O. The molecule has 0 aliphatic carbocycles. The van der Waals surface area contributed by atoms with Crippen molar-refractivity contribution in [2.75, 3.05) is 13.2 Å². The quantitative estimate of drug-likeness (QED) is 0.386. The molecule has 0 saturated carbocycles. The molecule has 0 unspecified atom stereocenters. The van der Waals surface area contributed by atoms with Gasteiger partial charge in [0.05, 0.1) is 13.2 Å². The second kappa shape index (κ2) is 1.84. The molecule has 3 nitrogen and oxygen atoms in total. The van der Waals surface area contributed by atoms with Crippen LogP contribution in [0.15, 0.2) is 12.0 Å². The molecule has 1 heterocycles. The zero-order valence-corrected chi connectivity index (χ0v) is 3.94. The first kappa shape index (κ1) is 4.46. The standard InChI is InChI=1S/C4H8N2O/c7-4-1-5-3-6-2-4/h1,5-7H,2-3H2. The highest BCUT2D eigenvalue weighted by Gasteiger charge is 1.94. The molecule has 0 aromatic heterocycles. The zero-order chi connectivity index (χ0) is 5.11. The predicted molar refractivity (Wildman–Crippen MR) is 26.7 cm³/mol. The Bertz CT molecular complexity index is 89.7. The highest BCUT2D eigenvalue weighted by atomic mass is 16.3. The first-order chi connectivity index (χ1) is 3.39. The van der Waals surface area contributed by atoms with Gasteiger partial charge < -0.3 is 10.4 Å².